The summed E-state index contributed by atoms with van der Waals surface area (Å²) in [5.74, 6) is 0. The molecule has 1 aliphatic carbocycles. The zero-order chi connectivity index (χ0) is 13.5. The third-order valence-electron chi connectivity index (χ3n) is 4.27. The molecule has 2 aromatic carbocycles. The average molecular weight is 264 g/mol. The Bertz CT molecular complexity index is 653. The maximum atomic E-state index is 12.4. The van der Waals surface area contributed by atoms with Gasteiger partial charge in [0, 0.05) is 5.69 Å². The van der Waals surface area contributed by atoms with E-state index in [0.29, 0.717) is 6.04 Å². The van der Waals surface area contributed by atoms with Gasteiger partial charge in [0.2, 0.25) is 0 Å². The van der Waals surface area contributed by atoms with Crippen LogP contribution in [0.2, 0.25) is 0 Å². The fourth-order valence-corrected chi connectivity index (χ4v) is 3.27. The van der Waals surface area contributed by atoms with E-state index in [0.717, 1.165) is 18.5 Å². The normalized spacial score (nSPS) is 22.7. The van der Waals surface area contributed by atoms with E-state index in [2.05, 4.69) is 29.6 Å². The molecule has 2 aromatic rings. The number of hydrogen-bond acceptors (Lipinski definition) is 1. The Labute approximate surface area is 118 Å². The Balaban J connectivity index is 1.54. The Morgan fingerprint density at radius 1 is 1.05 bits per heavy atom. The van der Waals surface area contributed by atoms with Gasteiger partial charge in [-0.2, -0.15) is 0 Å². The first-order chi connectivity index (χ1) is 9.84. The summed E-state index contributed by atoms with van der Waals surface area (Å²) in [5.41, 5.74) is 3.57. The van der Waals surface area contributed by atoms with E-state index in [-0.39, 0.29) is 12.1 Å². The van der Waals surface area contributed by atoms with Crippen molar-refractivity contribution in [2.75, 3.05) is 5.32 Å². The van der Waals surface area contributed by atoms with Crippen molar-refractivity contribution in [1.82, 2.24) is 4.90 Å². The molecule has 1 aliphatic heterocycles. The van der Waals surface area contributed by atoms with Crippen LogP contribution >= 0.6 is 0 Å². The van der Waals surface area contributed by atoms with Crippen LogP contribution in [0.5, 0.6) is 0 Å². The highest BCUT2D eigenvalue weighted by Gasteiger charge is 2.53. The molecule has 1 heterocycles. The summed E-state index contributed by atoms with van der Waals surface area (Å²) in [6.45, 7) is 0. The summed E-state index contributed by atoms with van der Waals surface area (Å²) in [5, 5.41) is 2.98. The zero-order valence-corrected chi connectivity index (χ0v) is 11.1. The van der Waals surface area contributed by atoms with E-state index in [4.69, 9.17) is 0 Å². The van der Waals surface area contributed by atoms with Crippen LogP contribution in [0.4, 0.5) is 10.5 Å². The van der Waals surface area contributed by atoms with Crippen LogP contribution in [0, 0.1) is 0 Å². The molecule has 100 valence electrons. The molecular weight excluding hydrogens is 248 g/mol. The van der Waals surface area contributed by atoms with Gasteiger partial charge in [-0.1, -0.05) is 42.5 Å². The fraction of sp³-hybridized carbons (Fsp3) is 0.235. The largest absolute Gasteiger partial charge is 0.322 e. The lowest BCUT2D eigenvalue weighted by molar-refractivity contribution is 0.237. The molecule has 0 bridgehead atoms. The van der Waals surface area contributed by atoms with E-state index in [1.54, 1.807) is 0 Å². The highest BCUT2D eigenvalue weighted by Crippen LogP contribution is 2.50. The number of nitrogens with zero attached hydrogens (tertiary/aromatic N) is 1. The average Bonchev–Trinajstić information content (AvgIpc) is 3.23. The van der Waals surface area contributed by atoms with Crippen molar-refractivity contribution in [1.29, 1.82) is 0 Å². The summed E-state index contributed by atoms with van der Waals surface area (Å²) >= 11 is 0. The number of nitrogens with one attached hydrogen (secondary N) is 1. The number of carbonyl (C=O) groups excluding carboxylic acids is 1. The van der Waals surface area contributed by atoms with E-state index < -0.39 is 0 Å². The van der Waals surface area contributed by atoms with Gasteiger partial charge >= 0.3 is 6.03 Å². The Morgan fingerprint density at radius 3 is 2.65 bits per heavy atom. The molecule has 3 heteroatoms. The van der Waals surface area contributed by atoms with Crippen molar-refractivity contribution in [2.45, 2.75) is 24.9 Å². The molecule has 1 N–H and O–H groups in total. The van der Waals surface area contributed by atoms with Crippen LogP contribution in [0.1, 0.15) is 23.6 Å². The van der Waals surface area contributed by atoms with E-state index in [1.165, 1.54) is 11.1 Å². The predicted octanol–water partition coefficient (Wildman–Crippen LogP) is 3.59. The lowest BCUT2D eigenvalue weighted by atomic mass is 9.92. The first-order valence-corrected chi connectivity index (χ1v) is 7.07. The minimum absolute atomic E-state index is 0.0166. The van der Waals surface area contributed by atoms with Gasteiger partial charge in [-0.3, -0.25) is 0 Å². The second-order valence-electron chi connectivity index (χ2n) is 5.45. The van der Waals surface area contributed by atoms with Crippen LogP contribution in [-0.2, 0) is 6.42 Å². The van der Waals surface area contributed by atoms with E-state index >= 15 is 0 Å². The number of hydrogen-bond donors (Lipinski definition) is 1. The van der Waals surface area contributed by atoms with Crippen LogP contribution in [0.25, 0.3) is 0 Å². The minimum Gasteiger partial charge on any atom is -0.310 e. The summed E-state index contributed by atoms with van der Waals surface area (Å²) in [4.78, 5) is 14.3. The number of para-hydroxylation sites is 1. The highest BCUT2D eigenvalue weighted by molar-refractivity contribution is 5.92. The van der Waals surface area contributed by atoms with Crippen LogP contribution in [0.15, 0.2) is 54.6 Å². The number of amides is 2. The standard InChI is InChI=1S/C17H16N2O/c20-17(18-13-7-2-1-3-8-13)19-15-11-10-12-6-4-5-9-14(12)16(15)19/h1-9,15-16H,10-11H2,(H,18,20)/t15-,16+,19?/m0/s1. The third kappa shape index (κ3) is 1.78. The van der Waals surface area contributed by atoms with Crippen molar-refractivity contribution >= 4 is 11.7 Å². The summed E-state index contributed by atoms with van der Waals surface area (Å²) in [7, 11) is 0. The molecule has 2 amide bonds. The molecule has 0 spiro atoms. The number of urea groups is 1. The van der Waals surface area contributed by atoms with Gasteiger partial charge in [-0.25, -0.2) is 4.79 Å². The quantitative estimate of drug-likeness (QED) is 0.784. The Hall–Kier alpha value is -2.29. The van der Waals surface area contributed by atoms with Crippen molar-refractivity contribution in [3.63, 3.8) is 0 Å². The van der Waals surface area contributed by atoms with Crippen molar-refractivity contribution in [3.05, 3.63) is 65.7 Å². The Morgan fingerprint density at radius 2 is 1.80 bits per heavy atom. The Kier molecular flexibility index (Phi) is 2.52. The first kappa shape index (κ1) is 11.5. The van der Waals surface area contributed by atoms with Gasteiger partial charge in [0.25, 0.3) is 0 Å². The molecule has 20 heavy (non-hydrogen) atoms. The summed E-state index contributed by atoms with van der Waals surface area (Å²) in [6, 6.07) is 18.8. The second-order valence-corrected chi connectivity index (χ2v) is 5.45. The molecule has 4 rings (SSSR count). The molecule has 3 nitrogen and oxygen atoms in total. The molecule has 0 saturated carbocycles. The van der Waals surface area contributed by atoms with Crippen molar-refractivity contribution in [3.8, 4) is 0 Å². The van der Waals surface area contributed by atoms with Gasteiger partial charge < -0.3 is 10.2 Å². The summed E-state index contributed by atoms with van der Waals surface area (Å²) in [6.07, 6.45) is 2.15. The van der Waals surface area contributed by atoms with Gasteiger partial charge in [0.15, 0.2) is 0 Å². The molecule has 0 unspecified atom stereocenters. The van der Waals surface area contributed by atoms with Crippen molar-refractivity contribution in [2.24, 2.45) is 0 Å². The van der Waals surface area contributed by atoms with Gasteiger partial charge in [-0.05, 0) is 36.1 Å². The molecule has 1 saturated heterocycles. The van der Waals surface area contributed by atoms with Crippen LogP contribution < -0.4 is 5.32 Å². The number of aryl methyl sites for hydroxylation is 1. The van der Waals surface area contributed by atoms with Crippen molar-refractivity contribution < 1.29 is 4.79 Å². The SMILES string of the molecule is O=C(Nc1ccccc1)N1[C@@H]2c3ccccc3CC[C@@H]21. The van der Waals surface area contributed by atoms with Gasteiger partial charge in [0.1, 0.15) is 0 Å². The first-order valence-electron chi connectivity index (χ1n) is 7.07. The maximum Gasteiger partial charge on any atom is 0.322 e. The van der Waals surface area contributed by atoms with Gasteiger partial charge in [0.05, 0.1) is 12.1 Å². The molecule has 2 aliphatic rings. The smallest absolute Gasteiger partial charge is 0.310 e. The fourth-order valence-electron chi connectivity index (χ4n) is 3.27. The molecule has 0 radical (unpaired) electrons. The minimum atomic E-state index is 0.0166. The van der Waals surface area contributed by atoms with Crippen LogP contribution in [-0.4, -0.2) is 17.0 Å². The van der Waals surface area contributed by atoms with Crippen LogP contribution in [0.3, 0.4) is 0 Å². The summed E-state index contributed by atoms with van der Waals surface area (Å²) < 4.78 is 0. The lowest BCUT2D eigenvalue weighted by Gasteiger charge is -2.11. The number of rotatable bonds is 1. The number of fused-ring (bicyclic) bond motifs is 3. The lowest BCUT2D eigenvalue weighted by Crippen LogP contribution is -2.20. The zero-order valence-electron chi connectivity index (χ0n) is 11.1. The monoisotopic (exact) mass is 264 g/mol. The van der Waals surface area contributed by atoms with Gasteiger partial charge in [-0.15, -0.1) is 0 Å². The maximum absolute atomic E-state index is 12.4. The predicted molar refractivity (Wildman–Crippen MR) is 78.6 cm³/mol. The second kappa shape index (κ2) is 4.37. The number of anilines is 1. The van der Waals surface area contributed by atoms with E-state index in [9.17, 15) is 4.79 Å². The molecule has 1 fully saturated rings. The number of carbonyl (C=O) groups is 1. The number of benzene rings is 2. The molecular formula is C17H16N2O. The van der Waals surface area contributed by atoms with E-state index in [1.807, 2.05) is 35.2 Å². The molecule has 0 aromatic heterocycles. The molecule has 2 atom stereocenters. The highest BCUT2D eigenvalue weighted by atomic mass is 16.2. The topological polar surface area (TPSA) is 32.1 Å². The third-order valence-corrected chi connectivity index (χ3v) is 4.27.